The van der Waals surface area contributed by atoms with Gasteiger partial charge in [-0.15, -0.1) is 5.10 Å². The minimum Gasteiger partial charge on any atom is -0.335 e. The summed E-state index contributed by atoms with van der Waals surface area (Å²) in [6, 6.07) is 9.68. The molecule has 1 atom stereocenters. The zero-order valence-corrected chi connectivity index (χ0v) is 17.2. The maximum Gasteiger partial charge on any atom is 0.233 e. The lowest BCUT2D eigenvalue weighted by Gasteiger charge is -2.34. The number of hydrogen-bond acceptors (Lipinski definition) is 6. The lowest BCUT2D eigenvalue weighted by atomic mass is 10.1. The summed E-state index contributed by atoms with van der Waals surface area (Å²) < 4.78 is 23.9. The molecule has 0 radical (unpaired) electrons. The van der Waals surface area contributed by atoms with Crippen molar-refractivity contribution in [1.29, 1.82) is 0 Å². The molecular weight excluding hydrogens is 396 g/mol. The predicted octanol–water partition coefficient (Wildman–Crippen LogP) is 2.52. The quantitative estimate of drug-likeness (QED) is 0.722. The first-order valence-electron chi connectivity index (χ1n) is 9.64. The number of carbonyl (C=O) groups is 1. The van der Waals surface area contributed by atoms with Gasteiger partial charge in [-0.25, -0.2) is 13.4 Å². The number of hydrogen-bond donors (Lipinski definition) is 1. The molecule has 0 bridgehead atoms. The van der Waals surface area contributed by atoms with Crippen LogP contribution in [0.2, 0.25) is 0 Å². The van der Waals surface area contributed by atoms with Gasteiger partial charge in [-0.1, -0.05) is 54.9 Å². The van der Waals surface area contributed by atoms with Crippen LogP contribution in [0.1, 0.15) is 32.1 Å². The molecule has 1 N–H and O–H groups in total. The third-order valence-electron chi connectivity index (χ3n) is 5.44. The van der Waals surface area contributed by atoms with Gasteiger partial charge in [0.05, 0.1) is 17.3 Å². The van der Waals surface area contributed by atoms with Crippen LogP contribution in [0.4, 0.5) is 0 Å². The van der Waals surface area contributed by atoms with E-state index in [9.17, 15) is 13.2 Å². The van der Waals surface area contributed by atoms with Gasteiger partial charge in [0.25, 0.3) is 0 Å². The van der Waals surface area contributed by atoms with Crippen LogP contribution in [0.3, 0.4) is 0 Å². The fourth-order valence-corrected chi connectivity index (χ4v) is 6.50. The highest BCUT2D eigenvalue weighted by Gasteiger charge is 2.38. The van der Waals surface area contributed by atoms with E-state index in [1.165, 1.54) is 11.8 Å². The fourth-order valence-electron chi connectivity index (χ4n) is 4.12. The Balaban J connectivity index is 1.42. The van der Waals surface area contributed by atoms with E-state index in [-0.39, 0.29) is 35.2 Å². The van der Waals surface area contributed by atoms with E-state index in [0.717, 1.165) is 31.2 Å². The summed E-state index contributed by atoms with van der Waals surface area (Å²) in [5.41, 5.74) is 0.942. The van der Waals surface area contributed by atoms with Crippen molar-refractivity contribution in [1.82, 2.24) is 20.1 Å². The molecule has 28 heavy (non-hydrogen) atoms. The highest BCUT2D eigenvalue weighted by atomic mass is 32.2. The van der Waals surface area contributed by atoms with Gasteiger partial charge in [0.1, 0.15) is 0 Å². The SMILES string of the molecule is O=C(CSc1n[nH]c(-c2ccccc2)n1)N(C1CCCC1)[C@H]1CCS(=O)(=O)C1. The van der Waals surface area contributed by atoms with Crippen LogP contribution >= 0.6 is 11.8 Å². The first-order chi connectivity index (χ1) is 13.5. The third kappa shape index (κ3) is 4.41. The van der Waals surface area contributed by atoms with Gasteiger partial charge < -0.3 is 4.90 Å². The molecule has 1 saturated heterocycles. The Morgan fingerprint density at radius 2 is 1.89 bits per heavy atom. The van der Waals surface area contributed by atoms with Crippen LogP contribution in [0.15, 0.2) is 35.5 Å². The molecule has 9 heteroatoms. The molecule has 2 heterocycles. The van der Waals surface area contributed by atoms with Gasteiger partial charge in [0.2, 0.25) is 11.1 Å². The van der Waals surface area contributed by atoms with E-state index < -0.39 is 9.84 Å². The first kappa shape index (κ1) is 19.4. The third-order valence-corrected chi connectivity index (χ3v) is 8.03. The molecule has 1 aromatic carbocycles. The average Bonchev–Trinajstić information content (AvgIpc) is 3.43. The number of aromatic nitrogens is 3. The summed E-state index contributed by atoms with van der Waals surface area (Å²) in [6.07, 6.45) is 4.68. The van der Waals surface area contributed by atoms with Gasteiger partial charge in [0, 0.05) is 17.6 Å². The zero-order valence-electron chi connectivity index (χ0n) is 15.6. The van der Waals surface area contributed by atoms with Crippen LogP contribution in [0, 0.1) is 0 Å². The molecule has 1 amide bonds. The number of sulfone groups is 1. The van der Waals surface area contributed by atoms with Crippen molar-refractivity contribution in [3.8, 4) is 11.4 Å². The van der Waals surface area contributed by atoms with Gasteiger partial charge in [-0.05, 0) is 19.3 Å². The van der Waals surface area contributed by atoms with E-state index in [1.54, 1.807) is 0 Å². The summed E-state index contributed by atoms with van der Waals surface area (Å²) in [6.45, 7) is 0. The maximum atomic E-state index is 13.0. The van der Waals surface area contributed by atoms with Gasteiger partial charge in [-0.3, -0.25) is 9.89 Å². The number of aromatic amines is 1. The lowest BCUT2D eigenvalue weighted by Crippen LogP contribution is -2.47. The van der Waals surface area contributed by atoms with Crippen molar-refractivity contribution in [3.63, 3.8) is 0 Å². The van der Waals surface area contributed by atoms with Crippen LogP contribution in [0.5, 0.6) is 0 Å². The van der Waals surface area contributed by atoms with E-state index in [2.05, 4.69) is 15.2 Å². The molecule has 1 aromatic heterocycles. The Morgan fingerprint density at radius 3 is 2.57 bits per heavy atom. The first-order valence-corrected chi connectivity index (χ1v) is 12.4. The topological polar surface area (TPSA) is 96.0 Å². The second kappa shape index (κ2) is 8.24. The second-order valence-corrected chi connectivity index (χ2v) is 10.6. The summed E-state index contributed by atoms with van der Waals surface area (Å²) in [4.78, 5) is 19.4. The highest BCUT2D eigenvalue weighted by molar-refractivity contribution is 7.99. The van der Waals surface area contributed by atoms with Crippen molar-refractivity contribution in [2.24, 2.45) is 0 Å². The predicted molar refractivity (Wildman–Crippen MR) is 109 cm³/mol. The largest absolute Gasteiger partial charge is 0.335 e. The van der Waals surface area contributed by atoms with E-state index in [1.807, 2.05) is 35.2 Å². The van der Waals surface area contributed by atoms with Gasteiger partial charge in [-0.2, -0.15) is 0 Å². The Morgan fingerprint density at radius 1 is 1.14 bits per heavy atom. The minimum absolute atomic E-state index is 0.00920. The smallest absolute Gasteiger partial charge is 0.233 e. The number of amides is 1. The fraction of sp³-hybridized carbons (Fsp3) is 0.526. The van der Waals surface area contributed by atoms with Crippen LogP contribution in [-0.2, 0) is 14.6 Å². The van der Waals surface area contributed by atoms with Crippen molar-refractivity contribution in [2.75, 3.05) is 17.3 Å². The maximum absolute atomic E-state index is 13.0. The number of H-pyrrole nitrogens is 1. The molecule has 1 saturated carbocycles. The molecule has 150 valence electrons. The Hall–Kier alpha value is -1.87. The normalized spacial score (nSPS) is 21.8. The summed E-state index contributed by atoms with van der Waals surface area (Å²) >= 11 is 1.30. The summed E-state index contributed by atoms with van der Waals surface area (Å²) in [7, 11) is -3.03. The molecule has 1 aliphatic heterocycles. The molecule has 0 unspecified atom stereocenters. The number of thioether (sulfide) groups is 1. The second-order valence-electron chi connectivity index (χ2n) is 7.42. The van der Waals surface area contributed by atoms with Gasteiger partial charge in [0.15, 0.2) is 15.7 Å². The molecule has 2 fully saturated rings. The standard InChI is InChI=1S/C19H24N4O3S2/c24-17(12-27-19-20-18(21-22-19)14-6-2-1-3-7-14)23(15-8-4-5-9-15)16-10-11-28(25,26)13-16/h1-3,6-7,15-16H,4-5,8-13H2,(H,20,21,22)/t16-/m0/s1. The van der Waals surface area contributed by atoms with Gasteiger partial charge >= 0.3 is 0 Å². The summed E-state index contributed by atoms with van der Waals surface area (Å²) in [5, 5.41) is 7.64. The Labute approximate surface area is 169 Å². The molecule has 2 aliphatic rings. The number of nitrogens with one attached hydrogen (secondary N) is 1. The summed E-state index contributed by atoms with van der Waals surface area (Å²) in [5.74, 6) is 1.16. The van der Waals surface area contributed by atoms with Crippen molar-refractivity contribution in [3.05, 3.63) is 30.3 Å². The van der Waals surface area contributed by atoms with Crippen LogP contribution < -0.4 is 0 Å². The van der Waals surface area contributed by atoms with Crippen LogP contribution in [0.25, 0.3) is 11.4 Å². The number of carbonyl (C=O) groups excluding carboxylic acids is 1. The number of nitrogens with zero attached hydrogens (tertiary/aromatic N) is 3. The molecule has 7 nitrogen and oxygen atoms in total. The van der Waals surface area contributed by atoms with Crippen molar-refractivity contribution >= 4 is 27.5 Å². The minimum atomic E-state index is -3.03. The Bertz CT molecular complexity index is 924. The van der Waals surface area contributed by atoms with Crippen LogP contribution in [-0.4, -0.2) is 63.7 Å². The molecule has 2 aromatic rings. The van der Waals surface area contributed by atoms with Crippen molar-refractivity contribution < 1.29 is 13.2 Å². The Kier molecular flexibility index (Phi) is 5.73. The zero-order chi connectivity index (χ0) is 19.6. The average molecular weight is 421 g/mol. The molecule has 4 rings (SSSR count). The van der Waals surface area contributed by atoms with Crippen molar-refractivity contribution in [2.45, 2.75) is 49.3 Å². The number of benzene rings is 1. The molecular formula is C19H24N4O3S2. The van der Waals surface area contributed by atoms with E-state index in [4.69, 9.17) is 0 Å². The number of rotatable bonds is 6. The van der Waals surface area contributed by atoms with E-state index >= 15 is 0 Å². The monoisotopic (exact) mass is 420 g/mol. The highest BCUT2D eigenvalue weighted by Crippen LogP contribution is 2.30. The molecule has 0 spiro atoms. The lowest BCUT2D eigenvalue weighted by molar-refractivity contribution is -0.132. The van der Waals surface area contributed by atoms with E-state index in [0.29, 0.717) is 17.4 Å². The molecule has 1 aliphatic carbocycles.